The van der Waals surface area contributed by atoms with E-state index in [1.54, 1.807) is 6.07 Å². The molecule has 1 atom stereocenters. The van der Waals surface area contributed by atoms with E-state index < -0.39 is 23.7 Å². The third kappa shape index (κ3) is 6.03. The summed E-state index contributed by atoms with van der Waals surface area (Å²) in [6.45, 7) is 3.84. The number of alkyl halides is 3. The molecule has 0 aliphatic carbocycles. The van der Waals surface area contributed by atoms with Gasteiger partial charge >= 0.3 is 6.36 Å². The molecule has 164 valence electrons. The minimum absolute atomic E-state index is 0.00565. The Bertz CT molecular complexity index is 1060. The van der Waals surface area contributed by atoms with Crippen LogP contribution in [0.4, 0.5) is 39.4 Å². The molecule has 0 fully saturated rings. The molecule has 1 aromatic heterocycles. The first-order valence-corrected chi connectivity index (χ1v) is 9.37. The van der Waals surface area contributed by atoms with Crippen LogP contribution >= 0.6 is 0 Å². The van der Waals surface area contributed by atoms with Crippen molar-refractivity contribution in [2.75, 3.05) is 10.6 Å². The van der Waals surface area contributed by atoms with Gasteiger partial charge in [0.1, 0.15) is 11.6 Å². The zero-order valence-electron chi connectivity index (χ0n) is 16.6. The van der Waals surface area contributed by atoms with E-state index in [9.17, 15) is 22.0 Å². The fourth-order valence-electron chi connectivity index (χ4n) is 2.64. The summed E-state index contributed by atoms with van der Waals surface area (Å²) in [5.74, 6) is -2.23. The van der Waals surface area contributed by atoms with Gasteiger partial charge in [-0.05, 0) is 37.6 Å². The summed E-state index contributed by atoms with van der Waals surface area (Å²) in [5.41, 5.74) is 0.431. The second-order valence-electron chi connectivity index (χ2n) is 6.72. The van der Waals surface area contributed by atoms with Crippen LogP contribution in [-0.4, -0.2) is 22.4 Å². The van der Waals surface area contributed by atoms with E-state index in [-0.39, 0.29) is 29.2 Å². The molecule has 0 radical (unpaired) electrons. The average molecular weight is 438 g/mol. The highest BCUT2D eigenvalue weighted by molar-refractivity contribution is 5.68. The zero-order chi connectivity index (χ0) is 22.6. The van der Waals surface area contributed by atoms with Crippen LogP contribution in [0, 0.1) is 11.6 Å². The summed E-state index contributed by atoms with van der Waals surface area (Å²) in [7, 11) is 0. The Morgan fingerprint density at radius 2 is 1.77 bits per heavy atom. The molecule has 0 saturated carbocycles. The van der Waals surface area contributed by atoms with Gasteiger partial charge in [0.2, 0.25) is 5.95 Å². The van der Waals surface area contributed by atoms with E-state index in [1.165, 1.54) is 30.3 Å². The molecule has 0 unspecified atom stereocenters. The van der Waals surface area contributed by atoms with Crippen molar-refractivity contribution < 1.29 is 26.7 Å². The van der Waals surface area contributed by atoms with Gasteiger partial charge in [-0.1, -0.05) is 25.1 Å². The highest BCUT2D eigenvalue weighted by atomic mass is 19.4. The van der Waals surface area contributed by atoms with Crippen LogP contribution in [-0.2, 0) is 0 Å². The molecule has 3 aromatic rings. The van der Waals surface area contributed by atoms with Crippen molar-refractivity contribution in [3.8, 4) is 17.0 Å². The molecular formula is C21H19F5N4O. The summed E-state index contributed by atoms with van der Waals surface area (Å²) in [5, 5.41) is 5.76. The van der Waals surface area contributed by atoms with E-state index in [1.807, 2.05) is 13.8 Å². The molecule has 1 heterocycles. The molecule has 0 saturated heterocycles. The molecule has 0 spiro atoms. The minimum Gasteiger partial charge on any atom is -0.406 e. The van der Waals surface area contributed by atoms with E-state index in [4.69, 9.17) is 0 Å². The lowest BCUT2D eigenvalue weighted by atomic mass is 10.1. The molecule has 10 heteroatoms. The SMILES string of the molecule is CC[C@H](C)Nc1nc(Nc2cccc(F)c2F)cc(-c2cccc(OC(F)(F)F)c2)n1. The predicted octanol–water partition coefficient (Wildman–Crippen LogP) is 6.27. The Balaban J connectivity index is 2.01. The molecule has 31 heavy (non-hydrogen) atoms. The van der Waals surface area contributed by atoms with Gasteiger partial charge in [0, 0.05) is 17.7 Å². The van der Waals surface area contributed by atoms with Crippen molar-refractivity contribution >= 4 is 17.5 Å². The number of ether oxygens (including phenoxy) is 1. The highest BCUT2D eigenvalue weighted by Crippen LogP contribution is 2.30. The fourth-order valence-corrected chi connectivity index (χ4v) is 2.64. The fraction of sp³-hybridized carbons (Fsp3) is 0.238. The van der Waals surface area contributed by atoms with Gasteiger partial charge in [0.15, 0.2) is 11.6 Å². The van der Waals surface area contributed by atoms with Gasteiger partial charge in [-0.15, -0.1) is 13.2 Å². The van der Waals surface area contributed by atoms with Crippen molar-refractivity contribution in [3.05, 3.63) is 60.2 Å². The Morgan fingerprint density at radius 1 is 1.03 bits per heavy atom. The van der Waals surface area contributed by atoms with Crippen LogP contribution in [0.15, 0.2) is 48.5 Å². The standard InChI is InChI=1S/C21H19F5N4O/c1-3-12(2)27-20-29-17(13-6-4-7-14(10-13)31-21(24,25)26)11-18(30-20)28-16-9-5-8-15(22)19(16)23/h4-12H,3H2,1-2H3,(H2,27,28,29,30)/t12-/m0/s1. The maximum Gasteiger partial charge on any atom is 0.573 e. The quantitative estimate of drug-likeness (QED) is 0.426. The molecule has 0 amide bonds. The number of aromatic nitrogens is 2. The number of halogens is 5. The van der Waals surface area contributed by atoms with E-state index >= 15 is 0 Å². The largest absolute Gasteiger partial charge is 0.573 e. The predicted molar refractivity (Wildman–Crippen MR) is 107 cm³/mol. The highest BCUT2D eigenvalue weighted by Gasteiger charge is 2.31. The third-order valence-electron chi connectivity index (χ3n) is 4.29. The van der Waals surface area contributed by atoms with Gasteiger partial charge in [0.25, 0.3) is 0 Å². The normalized spacial score (nSPS) is 12.4. The number of hydrogen-bond donors (Lipinski definition) is 2. The number of rotatable bonds is 7. The smallest absolute Gasteiger partial charge is 0.406 e. The zero-order valence-corrected chi connectivity index (χ0v) is 16.6. The molecule has 0 aliphatic heterocycles. The monoisotopic (exact) mass is 438 g/mol. The van der Waals surface area contributed by atoms with Crippen LogP contribution in [0.5, 0.6) is 5.75 Å². The maximum absolute atomic E-state index is 14.1. The van der Waals surface area contributed by atoms with Crippen LogP contribution in [0.2, 0.25) is 0 Å². The summed E-state index contributed by atoms with van der Waals surface area (Å²) in [6.07, 6.45) is -4.08. The van der Waals surface area contributed by atoms with E-state index in [0.717, 1.165) is 18.6 Å². The minimum atomic E-state index is -4.84. The Hall–Kier alpha value is -3.43. The number of benzene rings is 2. The Morgan fingerprint density at radius 3 is 2.48 bits per heavy atom. The Labute approximate surface area is 175 Å². The van der Waals surface area contributed by atoms with Crippen LogP contribution in [0.25, 0.3) is 11.3 Å². The average Bonchev–Trinajstić information content (AvgIpc) is 2.70. The number of hydrogen-bond acceptors (Lipinski definition) is 5. The first-order valence-electron chi connectivity index (χ1n) is 9.37. The van der Waals surface area contributed by atoms with Gasteiger partial charge in [-0.2, -0.15) is 4.98 Å². The van der Waals surface area contributed by atoms with E-state index in [2.05, 4.69) is 25.3 Å². The number of nitrogens with zero attached hydrogens (tertiary/aromatic N) is 2. The second-order valence-corrected chi connectivity index (χ2v) is 6.72. The van der Waals surface area contributed by atoms with Crippen LogP contribution in [0.3, 0.4) is 0 Å². The Kier molecular flexibility index (Phi) is 6.57. The summed E-state index contributed by atoms with van der Waals surface area (Å²) in [6, 6.07) is 10.3. The second kappa shape index (κ2) is 9.15. The molecule has 5 nitrogen and oxygen atoms in total. The number of nitrogens with one attached hydrogen (secondary N) is 2. The molecular weight excluding hydrogens is 419 g/mol. The van der Waals surface area contributed by atoms with Crippen molar-refractivity contribution in [3.63, 3.8) is 0 Å². The lowest BCUT2D eigenvalue weighted by molar-refractivity contribution is -0.274. The lowest BCUT2D eigenvalue weighted by Crippen LogP contribution is -2.17. The molecule has 3 rings (SSSR count). The first-order chi connectivity index (χ1) is 14.6. The summed E-state index contributed by atoms with van der Waals surface area (Å²) < 4.78 is 69.3. The van der Waals surface area contributed by atoms with Crippen LogP contribution in [0.1, 0.15) is 20.3 Å². The maximum atomic E-state index is 14.1. The topological polar surface area (TPSA) is 59.1 Å². The third-order valence-corrected chi connectivity index (χ3v) is 4.29. The van der Waals surface area contributed by atoms with Gasteiger partial charge in [-0.3, -0.25) is 0 Å². The number of anilines is 3. The molecule has 0 bridgehead atoms. The summed E-state index contributed by atoms with van der Waals surface area (Å²) >= 11 is 0. The molecule has 0 aliphatic rings. The van der Waals surface area contributed by atoms with Gasteiger partial charge in [0.05, 0.1) is 11.4 Å². The lowest BCUT2D eigenvalue weighted by Gasteiger charge is -2.15. The molecule has 2 aromatic carbocycles. The first kappa shape index (κ1) is 22.3. The van der Waals surface area contributed by atoms with Crippen molar-refractivity contribution in [2.45, 2.75) is 32.7 Å². The van der Waals surface area contributed by atoms with Gasteiger partial charge in [-0.25, -0.2) is 13.8 Å². The van der Waals surface area contributed by atoms with Crippen molar-refractivity contribution in [2.24, 2.45) is 0 Å². The van der Waals surface area contributed by atoms with Gasteiger partial charge < -0.3 is 15.4 Å². The van der Waals surface area contributed by atoms with Crippen molar-refractivity contribution in [1.29, 1.82) is 0 Å². The van der Waals surface area contributed by atoms with E-state index in [0.29, 0.717) is 5.56 Å². The van der Waals surface area contributed by atoms with Crippen molar-refractivity contribution in [1.82, 2.24) is 9.97 Å². The molecule has 2 N–H and O–H groups in total. The summed E-state index contributed by atoms with van der Waals surface area (Å²) in [4.78, 5) is 8.60. The van der Waals surface area contributed by atoms with Crippen LogP contribution < -0.4 is 15.4 Å².